The fourth-order valence-corrected chi connectivity index (χ4v) is 0.779. The lowest BCUT2D eigenvalue weighted by Crippen LogP contribution is -1.81. The van der Waals surface area contributed by atoms with Gasteiger partial charge in [0, 0.05) is 4.90 Å². The van der Waals surface area contributed by atoms with E-state index in [9.17, 15) is 8.78 Å². The van der Waals surface area contributed by atoms with Gasteiger partial charge in [-0.1, -0.05) is 0 Å². The van der Waals surface area contributed by atoms with Crippen molar-refractivity contribution in [3.05, 3.63) is 23.8 Å². The van der Waals surface area contributed by atoms with Gasteiger partial charge in [0.05, 0.1) is 0 Å². The summed E-state index contributed by atoms with van der Waals surface area (Å²) in [6.45, 7) is 0. The van der Waals surface area contributed by atoms with Crippen molar-refractivity contribution in [3.63, 3.8) is 0 Å². The van der Waals surface area contributed by atoms with E-state index in [4.69, 9.17) is 5.11 Å². The van der Waals surface area contributed by atoms with Crippen molar-refractivity contribution in [2.45, 2.75) is 4.90 Å². The summed E-state index contributed by atoms with van der Waals surface area (Å²) in [7, 11) is 0. The molecule has 0 amide bonds. The Morgan fingerprint density at radius 2 is 1.60 bits per heavy atom. The molecule has 0 atom stereocenters. The third-order valence-electron chi connectivity index (χ3n) is 1.00. The Bertz CT molecular complexity index is 239. The molecule has 0 aromatic heterocycles. The molecule has 0 aliphatic heterocycles. The van der Waals surface area contributed by atoms with Gasteiger partial charge in [-0.15, -0.1) is 12.6 Å². The van der Waals surface area contributed by atoms with Crippen molar-refractivity contribution in [2.24, 2.45) is 0 Å². The molecular weight excluding hydrogens is 158 g/mol. The van der Waals surface area contributed by atoms with Gasteiger partial charge < -0.3 is 5.11 Å². The van der Waals surface area contributed by atoms with Crippen LogP contribution in [0, 0.1) is 11.6 Å². The maximum Gasteiger partial charge on any atom is 0.187 e. The van der Waals surface area contributed by atoms with Crippen LogP contribution in [0.3, 0.4) is 0 Å². The Balaban J connectivity index is 3.31. The van der Waals surface area contributed by atoms with E-state index in [-0.39, 0.29) is 4.90 Å². The summed E-state index contributed by atoms with van der Waals surface area (Å²) in [5.41, 5.74) is 0. The second kappa shape index (κ2) is 2.46. The zero-order chi connectivity index (χ0) is 7.72. The van der Waals surface area contributed by atoms with Crippen molar-refractivity contribution in [1.82, 2.24) is 0 Å². The Labute approximate surface area is 61.7 Å². The van der Waals surface area contributed by atoms with Crippen molar-refractivity contribution in [1.29, 1.82) is 0 Å². The lowest BCUT2D eigenvalue weighted by Gasteiger charge is -1.96. The lowest BCUT2D eigenvalue weighted by atomic mass is 10.3. The second-order valence-corrected chi connectivity index (χ2v) is 2.27. The molecular formula is C6H4F2OS. The van der Waals surface area contributed by atoms with Crippen LogP contribution in [0.2, 0.25) is 0 Å². The third kappa shape index (κ3) is 1.21. The molecule has 0 radical (unpaired) electrons. The molecule has 0 aliphatic carbocycles. The van der Waals surface area contributed by atoms with E-state index in [0.717, 1.165) is 12.1 Å². The average Bonchev–Trinajstić information content (AvgIpc) is 1.82. The molecule has 10 heavy (non-hydrogen) atoms. The molecule has 54 valence electrons. The van der Waals surface area contributed by atoms with Crippen molar-refractivity contribution < 1.29 is 13.9 Å². The maximum atomic E-state index is 12.3. The summed E-state index contributed by atoms with van der Waals surface area (Å²) >= 11 is 3.68. The summed E-state index contributed by atoms with van der Waals surface area (Å²) in [6.07, 6.45) is 0. The Kier molecular flexibility index (Phi) is 1.80. The molecule has 1 aromatic rings. The zero-order valence-corrected chi connectivity index (χ0v) is 5.70. The van der Waals surface area contributed by atoms with Gasteiger partial charge in [0.15, 0.2) is 17.4 Å². The summed E-state index contributed by atoms with van der Waals surface area (Å²) < 4.78 is 24.6. The van der Waals surface area contributed by atoms with E-state index in [1.807, 2.05) is 0 Å². The summed E-state index contributed by atoms with van der Waals surface area (Å²) in [6, 6.07) is 1.86. The molecule has 1 nitrogen and oxygen atoms in total. The minimum absolute atomic E-state index is 0.146. The van der Waals surface area contributed by atoms with E-state index < -0.39 is 17.4 Å². The van der Waals surface area contributed by atoms with Crippen LogP contribution in [0.5, 0.6) is 5.75 Å². The molecule has 0 saturated carbocycles. The van der Waals surface area contributed by atoms with E-state index >= 15 is 0 Å². The molecule has 1 N–H and O–H groups in total. The first-order valence-corrected chi connectivity index (χ1v) is 2.93. The first-order chi connectivity index (χ1) is 4.61. The van der Waals surface area contributed by atoms with Crippen LogP contribution < -0.4 is 0 Å². The Hall–Kier alpha value is -0.770. The second-order valence-electron chi connectivity index (χ2n) is 1.76. The average molecular weight is 162 g/mol. The maximum absolute atomic E-state index is 12.3. The smallest absolute Gasteiger partial charge is 0.187 e. The highest BCUT2D eigenvalue weighted by molar-refractivity contribution is 7.80. The van der Waals surface area contributed by atoms with Crippen LogP contribution in [-0.4, -0.2) is 5.11 Å². The number of phenolic OH excluding ortho intramolecular Hbond substituents is 1. The number of benzene rings is 1. The third-order valence-corrected chi connectivity index (χ3v) is 1.26. The Morgan fingerprint density at radius 3 is 2.00 bits per heavy atom. The van der Waals surface area contributed by atoms with Gasteiger partial charge in [0.2, 0.25) is 0 Å². The number of halogens is 2. The fourth-order valence-electron chi connectivity index (χ4n) is 0.552. The summed E-state index contributed by atoms with van der Waals surface area (Å²) in [5, 5.41) is 8.55. The molecule has 0 saturated heterocycles. The van der Waals surface area contributed by atoms with Crippen LogP contribution in [0.25, 0.3) is 0 Å². The van der Waals surface area contributed by atoms with Crippen LogP contribution in [0.1, 0.15) is 0 Å². The Morgan fingerprint density at radius 1 is 1.20 bits per heavy atom. The normalized spacial score (nSPS) is 9.90. The minimum atomic E-state index is -0.995. The number of phenols is 1. The number of aromatic hydroxyl groups is 1. The van der Waals surface area contributed by atoms with E-state index in [0.29, 0.717) is 0 Å². The summed E-state index contributed by atoms with van der Waals surface area (Å²) in [5.74, 6) is -2.95. The van der Waals surface area contributed by atoms with Gasteiger partial charge in [-0.2, -0.15) is 0 Å². The van der Waals surface area contributed by atoms with Gasteiger partial charge >= 0.3 is 0 Å². The van der Waals surface area contributed by atoms with Crippen molar-refractivity contribution >= 4 is 12.6 Å². The van der Waals surface area contributed by atoms with E-state index in [1.165, 1.54) is 0 Å². The lowest BCUT2D eigenvalue weighted by molar-refractivity contribution is 0.394. The number of hydrogen-bond acceptors (Lipinski definition) is 2. The first-order valence-electron chi connectivity index (χ1n) is 2.48. The molecule has 0 fully saturated rings. The fraction of sp³-hybridized carbons (Fsp3) is 0. The van der Waals surface area contributed by atoms with Crippen LogP contribution in [0.15, 0.2) is 17.0 Å². The van der Waals surface area contributed by atoms with Gasteiger partial charge in [-0.3, -0.25) is 0 Å². The molecule has 0 unspecified atom stereocenters. The molecule has 1 aromatic carbocycles. The molecule has 0 heterocycles. The predicted octanol–water partition coefficient (Wildman–Crippen LogP) is 1.96. The topological polar surface area (TPSA) is 20.2 Å². The van der Waals surface area contributed by atoms with Gasteiger partial charge in [0.25, 0.3) is 0 Å². The van der Waals surface area contributed by atoms with Gasteiger partial charge in [0.1, 0.15) is 0 Å². The van der Waals surface area contributed by atoms with E-state index in [1.54, 1.807) is 0 Å². The molecule has 0 bridgehead atoms. The number of rotatable bonds is 0. The molecule has 1 rings (SSSR count). The standard InChI is InChI=1S/C6H4F2OS/c7-4-1-3(10)2-5(8)6(4)9/h1-2,9-10H. The highest BCUT2D eigenvalue weighted by Crippen LogP contribution is 2.22. The zero-order valence-electron chi connectivity index (χ0n) is 4.81. The van der Waals surface area contributed by atoms with Crippen molar-refractivity contribution in [3.8, 4) is 5.75 Å². The molecule has 4 heteroatoms. The SMILES string of the molecule is Oc1c(F)cc(S)cc1F. The number of thiol groups is 1. The predicted molar refractivity (Wildman–Crippen MR) is 35.3 cm³/mol. The monoisotopic (exact) mass is 162 g/mol. The van der Waals surface area contributed by atoms with Crippen LogP contribution in [0.4, 0.5) is 8.78 Å². The highest BCUT2D eigenvalue weighted by atomic mass is 32.1. The first kappa shape index (κ1) is 7.34. The number of hydrogen-bond donors (Lipinski definition) is 2. The largest absolute Gasteiger partial charge is 0.503 e. The van der Waals surface area contributed by atoms with Gasteiger partial charge in [-0.05, 0) is 12.1 Å². The van der Waals surface area contributed by atoms with Gasteiger partial charge in [-0.25, -0.2) is 8.78 Å². The van der Waals surface area contributed by atoms with E-state index in [2.05, 4.69) is 12.6 Å². The van der Waals surface area contributed by atoms with Crippen LogP contribution >= 0.6 is 12.6 Å². The minimum Gasteiger partial charge on any atom is -0.503 e. The molecule has 0 aliphatic rings. The summed E-state index contributed by atoms with van der Waals surface area (Å²) in [4.78, 5) is 0.146. The quantitative estimate of drug-likeness (QED) is 0.559. The highest BCUT2D eigenvalue weighted by Gasteiger charge is 2.06. The molecule has 0 spiro atoms. The van der Waals surface area contributed by atoms with Crippen LogP contribution in [-0.2, 0) is 0 Å². The van der Waals surface area contributed by atoms with Crippen molar-refractivity contribution in [2.75, 3.05) is 0 Å².